The minimum absolute atomic E-state index is 0.0705. The second-order valence-corrected chi connectivity index (χ2v) is 4.85. The van der Waals surface area contributed by atoms with Gasteiger partial charge in [0, 0.05) is 38.5 Å². The molecule has 8 nitrogen and oxygen atoms in total. The van der Waals surface area contributed by atoms with E-state index in [-0.39, 0.29) is 18.1 Å². The van der Waals surface area contributed by atoms with Crippen LogP contribution in [-0.2, 0) is 4.79 Å². The number of carbonyl (C=O) groups excluding carboxylic acids is 1. The van der Waals surface area contributed by atoms with Gasteiger partial charge in [0.05, 0.1) is 17.2 Å². The van der Waals surface area contributed by atoms with E-state index < -0.39 is 4.92 Å². The molecule has 0 fully saturated rings. The van der Waals surface area contributed by atoms with E-state index in [1.54, 1.807) is 25.1 Å². The summed E-state index contributed by atoms with van der Waals surface area (Å²) in [7, 11) is 3.35. The lowest BCUT2D eigenvalue weighted by Gasteiger charge is -2.25. The molecule has 1 aromatic rings. The maximum Gasteiger partial charge on any atom is 0.273 e. The van der Waals surface area contributed by atoms with Crippen LogP contribution in [0.5, 0.6) is 0 Å². The average molecular weight is 295 g/mol. The summed E-state index contributed by atoms with van der Waals surface area (Å²) < 4.78 is 0. The van der Waals surface area contributed by atoms with Crippen molar-refractivity contribution in [3.05, 3.63) is 28.3 Å². The van der Waals surface area contributed by atoms with Gasteiger partial charge in [0.1, 0.15) is 0 Å². The molecule has 0 radical (unpaired) electrons. The Kier molecular flexibility index (Phi) is 5.92. The topological polar surface area (TPSA) is 105 Å². The highest BCUT2D eigenvalue weighted by molar-refractivity contribution is 5.81. The maximum absolute atomic E-state index is 11.9. The van der Waals surface area contributed by atoms with E-state index in [0.29, 0.717) is 17.9 Å². The number of nitro benzene ring substituents is 1. The van der Waals surface area contributed by atoms with Gasteiger partial charge in [-0.15, -0.1) is 0 Å². The summed E-state index contributed by atoms with van der Waals surface area (Å²) >= 11 is 0. The van der Waals surface area contributed by atoms with Gasteiger partial charge in [0.15, 0.2) is 0 Å². The Bertz CT molecular complexity index is 519. The first kappa shape index (κ1) is 16.7. The average Bonchev–Trinajstić information content (AvgIpc) is 2.45. The fourth-order valence-corrected chi connectivity index (χ4v) is 1.84. The number of likely N-dealkylation sites (N-methyl/N-ethyl adjacent to an activating group) is 1. The molecule has 0 bridgehead atoms. The molecule has 0 saturated carbocycles. The molecule has 0 atom stereocenters. The molecule has 0 spiro atoms. The summed E-state index contributed by atoms with van der Waals surface area (Å²) in [5, 5.41) is 11.0. The molecule has 1 aromatic carbocycles. The number of amides is 1. The zero-order valence-corrected chi connectivity index (χ0v) is 12.5. The van der Waals surface area contributed by atoms with Gasteiger partial charge in [0.25, 0.3) is 5.69 Å². The van der Waals surface area contributed by atoms with Gasteiger partial charge in [-0.3, -0.25) is 20.8 Å². The van der Waals surface area contributed by atoms with Gasteiger partial charge >= 0.3 is 0 Å². The number of rotatable bonds is 7. The molecule has 8 heteroatoms. The number of non-ortho nitro benzene ring substituents is 1. The van der Waals surface area contributed by atoms with Crippen LogP contribution in [0.1, 0.15) is 13.3 Å². The Morgan fingerprint density at radius 2 is 2.05 bits per heavy atom. The molecule has 0 heterocycles. The Morgan fingerprint density at radius 1 is 1.38 bits per heavy atom. The number of anilines is 2. The van der Waals surface area contributed by atoms with Gasteiger partial charge in [-0.25, -0.2) is 0 Å². The number of benzene rings is 1. The number of nitrogen functional groups attached to an aromatic ring is 1. The molecule has 0 saturated heterocycles. The molecule has 0 aliphatic heterocycles. The van der Waals surface area contributed by atoms with E-state index in [9.17, 15) is 14.9 Å². The van der Waals surface area contributed by atoms with Crippen molar-refractivity contribution in [1.29, 1.82) is 0 Å². The predicted octanol–water partition coefficient (Wildman–Crippen LogP) is 1.18. The van der Waals surface area contributed by atoms with Gasteiger partial charge in [-0.2, -0.15) is 0 Å². The minimum Gasteiger partial charge on any atom is -0.362 e. The van der Waals surface area contributed by atoms with E-state index in [1.165, 1.54) is 17.0 Å². The summed E-state index contributed by atoms with van der Waals surface area (Å²) in [6.07, 6.45) is 0.814. The van der Waals surface area contributed by atoms with Crippen LogP contribution in [0.2, 0.25) is 0 Å². The van der Waals surface area contributed by atoms with E-state index in [0.717, 1.165) is 6.42 Å². The zero-order valence-electron chi connectivity index (χ0n) is 12.5. The van der Waals surface area contributed by atoms with Crippen LogP contribution >= 0.6 is 0 Å². The van der Waals surface area contributed by atoms with Gasteiger partial charge in [-0.1, -0.05) is 6.92 Å². The Balaban J connectivity index is 3.14. The molecule has 21 heavy (non-hydrogen) atoms. The number of nitrogens with one attached hydrogen (secondary N) is 1. The molecule has 0 aliphatic rings. The monoisotopic (exact) mass is 295 g/mol. The molecule has 3 N–H and O–H groups in total. The Hall–Kier alpha value is -2.35. The quantitative estimate of drug-likeness (QED) is 0.444. The van der Waals surface area contributed by atoms with Gasteiger partial charge in [0.2, 0.25) is 5.91 Å². The third-order valence-corrected chi connectivity index (χ3v) is 2.96. The number of nitrogens with two attached hydrogens (primary N) is 1. The van der Waals surface area contributed by atoms with Crippen molar-refractivity contribution in [3.63, 3.8) is 0 Å². The number of hydrogen-bond donors (Lipinski definition) is 2. The number of hydrazine groups is 1. The Labute approximate surface area is 123 Å². The van der Waals surface area contributed by atoms with Crippen molar-refractivity contribution < 1.29 is 9.72 Å². The van der Waals surface area contributed by atoms with Crippen LogP contribution in [0.15, 0.2) is 18.2 Å². The zero-order chi connectivity index (χ0) is 16.0. The third kappa shape index (κ3) is 4.60. The summed E-state index contributed by atoms with van der Waals surface area (Å²) in [5.41, 5.74) is 3.36. The first-order valence-corrected chi connectivity index (χ1v) is 6.60. The first-order chi connectivity index (χ1) is 9.88. The second-order valence-electron chi connectivity index (χ2n) is 4.85. The van der Waals surface area contributed by atoms with Crippen LogP contribution < -0.4 is 16.2 Å². The summed E-state index contributed by atoms with van der Waals surface area (Å²) in [5.74, 6) is 5.27. The number of nitro groups is 1. The largest absolute Gasteiger partial charge is 0.362 e. The number of hydrogen-bond acceptors (Lipinski definition) is 6. The highest BCUT2D eigenvalue weighted by Gasteiger charge is 2.17. The lowest BCUT2D eigenvalue weighted by atomic mass is 10.2. The smallest absolute Gasteiger partial charge is 0.273 e. The molecule has 1 amide bonds. The van der Waals surface area contributed by atoms with Gasteiger partial charge < -0.3 is 15.2 Å². The second kappa shape index (κ2) is 7.44. The van der Waals surface area contributed by atoms with E-state index >= 15 is 0 Å². The highest BCUT2D eigenvalue weighted by Crippen LogP contribution is 2.26. The molecule has 116 valence electrons. The van der Waals surface area contributed by atoms with Crippen molar-refractivity contribution >= 4 is 23.0 Å². The van der Waals surface area contributed by atoms with E-state index in [4.69, 9.17) is 5.84 Å². The van der Waals surface area contributed by atoms with Crippen LogP contribution in [-0.4, -0.2) is 42.9 Å². The van der Waals surface area contributed by atoms with Gasteiger partial charge in [-0.05, 0) is 12.5 Å². The summed E-state index contributed by atoms with van der Waals surface area (Å²) in [6.45, 7) is 2.75. The maximum atomic E-state index is 11.9. The molecular formula is C13H21N5O3. The van der Waals surface area contributed by atoms with Crippen molar-refractivity contribution in [3.8, 4) is 0 Å². The fourth-order valence-electron chi connectivity index (χ4n) is 1.84. The lowest BCUT2D eigenvalue weighted by molar-refractivity contribution is -0.384. The van der Waals surface area contributed by atoms with E-state index in [2.05, 4.69) is 5.43 Å². The normalized spacial score (nSPS) is 10.1. The lowest BCUT2D eigenvalue weighted by Crippen LogP contribution is -2.37. The number of nitrogens with zero attached hydrogens (tertiary/aromatic N) is 3. The van der Waals surface area contributed by atoms with Crippen molar-refractivity contribution in [2.75, 3.05) is 37.5 Å². The molecule has 1 rings (SSSR count). The number of carbonyl (C=O) groups is 1. The SMILES string of the molecule is CCCN(CC(=O)N(C)C)c1cc(NN)cc([N+](=O)[O-])c1. The molecule has 0 aliphatic carbocycles. The molecule has 0 unspecified atom stereocenters. The van der Waals surface area contributed by atoms with Crippen LogP contribution in [0.3, 0.4) is 0 Å². The summed E-state index contributed by atoms with van der Waals surface area (Å²) in [4.78, 5) is 25.7. The predicted molar refractivity (Wildman–Crippen MR) is 82.1 cm³/mol. The Morgan fingerprint density at radius 3 is 2.52 bits per heavy atom. The molecule has 0 aromatic heterocycles. The van der Waals surface area contributed by atoms with Crippen molar-refractivity contribution in [2.24, 2.45) is 5.84 Å². The minimum atomic E-state index is -0.484. The highest BCUT2D eigenvalue weighted by atomic mass is 16.6. The van der Waals surface area contributed by atoms with Crippen LogP contribution in [0.4, 0.5) is 17.1 Å². The summed E-state index contributed by atoms with van der Waals surface area (Å²) in [6, 6.07) is 4.48. The van der Waals surface area contributed by atoms with Crippen LogP contribution in [0, 0.1) is 10.1 Å². The third-order valence-electron chi connectivity index (χ3n) is 2.96. The van der Waals surface area contributed by atoms with E-state index in [1.807, 2.05) is 6.92 Å². The molecular weight excluding hydrogens is 274 g/mol. The van der Waals surface area contributed by atoms with Crippen LogP contribution in [0.25, 0.3) is 0 Å². The first-order valence-electron chi connectivity index (χ1n) is 6.60. The van der Waals surface area contributed by atoms with Crippen molar-refractivity contribution in [1.82, 2.24) is 4.90 Å². The standard InChI is InChI=1S/C13H21N5O3/c1-4-5-17(9-13(19)16(2)3)11-6-10(15-14)7-12(8-11)18(20)21/h6-8,15H,4-5,9,14H2,1-3H3. The van der Waals surface area contributed by atoms with Crippen molar-refractivity contribution in [2.45, 2.75) is 13.3 Å². The fraction of sp³-hybridized carbons (Fsp3) is 0.462.